The van der Waals surface area contributed by atoms with Crippen LogP contribution in [0.5, 0.6) is 0 Å². The summed E-state index contributed by atoms with van der Waals surface area (Å²) in [5, 5.41) is 13.0. The fraction of sp³-hybridized carbons (Fsp3) is 1.00. The van der Waals surface area contributed by atoms with Crippen molar-refractivity contribution in [2.24, 2.45) is 11.8 Å². The Bertz CT molecular complexity index is 162. The Labute approximate surface area is 101 Å². The van der Waals surface area contributed by atoms with Crippen LogP contribution in [0.3, 0.4) is 0 Å². The monoisotopic (exact) mass is 227 g/mol. The number of rotatable bonds is 6. The van der Waals surface area contributed by atoms with Crippen molar-refractivity contribution in [1.82, 2.24) is 5.32 Å². The van der Waals surface area contributed by atoms with E-state index >= 15 is 0 Å². The lowest BCUT2D eigenvalue weighted by Gasteiger charge is -2.24. The summed E-state index contributed by atoms with van der Waals surface area (Å²) in [5.74, 6) is 1.31. The van der Waals surface area contributed by atoms with Gasteiger partial charge in [0.05, 0.1) is 0 Å². The second-order valence-electron chi connectivity index (χ2n) is 5.59. The number of nitrogens with one attached hydrogen (secondary N) is 1. The van der Waals surface area contributed by atoms with Crippen molar-refractivity contribution >= 4 is 0 Å². The van der Waals surface area contributed by atoms with Crippen molar-refractivity contribution < 1.29 is 5.11 Å². The standard InChI is InChI=1S/C14H29NO/c1-12(2)15-10-9-14(11-16)13-7-5-3-4-6-8-13/h12-16H,3-11H2,1-2H3. The van der Waals surface area contributed by atoms with Crippen LogP contribution in [0.4, 0.5) is 0 Å². The quantitative estimate of drug-likeness (QED) is 0.684. The predicted octanol–water partition coefficient (Wildman–Crippen LogP) is 2.95. The Morgan fingerprint density at radius 2 is 1.75 bits per heavy atom. The molecule has 0 bridgehead atoms. The van der Waals surface area contributed by atoms with Crippen molar-refractivity contribution in [3.05, 3.63) is 0 Å². The molecule has 1 saturated carbocycles. The topological polar surface area (TPSA) is 32.3 Å². The van der Waals surface area contributed by atoms with Crippen LogP contribution in [-0.4, -0.2) is 24.3 Å². The Kier molecular flexibility index (Phi) is 7.06. The zero-order valence-electron chi connectivity index (χ0n) is 11.0. The number of aliphatic hydroxyl groups is 1. The highest BCUT2D eigenvalue weighted by Gasteiger charge is 2.21. The first-order valence-corrected chi connectivity index (χ1v) is 7.08. The molecule has 0 aliphatic heterocycles. The molecule has 1 aliphatic rings. The molecule has 1 rings (SSSR count). The predicted molar refractivity (Wildman–Crippen MR) is 69.5 cm³/mol. The van der Waals surface area contributed by atoms with Gasteiger partial charge in [-0.1, -0.05) is 52.4 Å². The van der Waals surface area contributed by atoms with Crippen LogP contribution in [0.2, 0.25) is 0 Å². The first-order chi connectivity index (χ1) is 7.74. The third-order valence-electron chi connectivity index (χ3n) is 3.87. The molecule has 0 spiro atoms. The van der Waals surface area contributed by atoms with Gasteiger partial charge in [-0.25, -0.2) is 0 Å². The normalized spacial score (nSPS) is 21.0. The Hall–Kier alpha value is -0.0800. The van der Waals surface area contributed by atoms with Gasteiger partial charge in [-0.05, 0) is 24.8 Å². The van der Waals surface area contributed by atoms with E-state index in [0.29, 0.717) is 18.6 Å². The lowest BCUT2D eigenvalue weighted by Crippen LogP contribution is -2.28. The lowest BCUT2D eigenvalue weighted by molar-refractivity contribution is 0.154. The Balaban J connectivity index is 2.27. The largest absolute Gasteiger partial charge is 0.396 e. The van der Waals surface area contributed by atoms with Crippen LogP contribution in [-0.2, 0) is 0 Å². The molecule has 1 fully saturated rings. The van der Waals surface area contributed by atoms with E-state index in [1.165, 1.54) is 38.5 Å². The molecule has 1 unspecified atom stereocenters. The van der Waals surface area contributed by atoms with Crippen LogP contribution in [0, 0.1) is 11.8 Å². The van der Waals surface area contributed by atoms with E-state index in [1.807, 2.05) is 0 Å². The number of hydrogen-bond acceptors (Lipinski definition) is 2. The van der Waals surface area contributed by atoms with Crippen molar-refractivity contribution in [2.75, 3.05) is 13.2 Å². The minimum atomic E-state index is 0.379. The third-order valence-corrected chi connectivity index (χ3v) is 3.87. The second-order valence-corrected chi connectivity index (χ2v) is 5.59. The molecule has 0 aromatic rings. The average molecular weight is 227 g/mol. The highest BCUT2D eigenvalue weighted by molar-refractivity contribution is 4.73. The van der Waals surface area contributed by atoms with Gasteiger partial charge in [0.2, 0.25) is 0 Å². The summed E-state index contributed by atoms with van der Waals surface area (Å²) in [6.45, 7) is 5.79. The Morgan fingerprint density at radius 1 is 1.12 bits per heavy atom. The summed E-state index contributed by atoms with van der Waals surface area (Å²) in [6.07, 6.45) is 9.37. The molecule has 0 heterocycles. The summed E-state index contributed by atoms with van der Waals surface area (Å²) in [7, 11) is 0. The zero-order valence-corrected chi connectivity index (χ0v) is 11.0. The van der Waals surface area contributed by atoms with E-state index in [9.17, 15) is 5.11 Å². The van der Waals surface area contributed by atoms with Crippen LogP contribution >= 0.6 is 0 Å². The molecule has 0 radical (unpaired) electrons. The van der Waals surface area contributed by atoms with Crippen LogP contribution in [0.1, 0.15) is 58.8 Å². The van der Waals surface area contributed by atoms with Crippen molar-refractivity contribution in [3.8, 4) is 0 Å². The molecule has 2 nitrogen and oxygen atoms in total. The average Bonchev–Trinajstić information content (AvgIpc) is 2.52. The summed E-state index contributed by atoms with van der Waals surface area (Å²) >= 11 is 0. The van der Waals surface area contributed by atoms with E-state index < -0.39 is 0 Å². The van der Waals surface area contributed by atoms with Gasteiger partial charge < -0.3 is 10.4 Å². The first-order valence-electron chi connectivity index (χ1n) is 7.08. The van der Waals surface area contributed by atoms with Crippen LogP contribution in [0.25, 0.3) is 0 Å². The number of hydrogen-bond donors (Lipinski definition) is 2. The molecule has 0 saturated heterocycles. The SMILES string of the molecule is CC(C)NCCC(CO)C1CCCCCC1. The molecule has 0 aromatic carbocycles. The van der Waals surface area contributed by atoms with Gasteiger partial charge in [0.1, 0.15) is 0 Å². The van der Waals surface area contributed by atoms with E-state index in [2.05, 4.69) is 19.2 Å². The maximum atomic E-state index is 9.51. The Morgan fingerprint density at radius 3 is 2.25 bits per heavy atom. The lowest BCUT2D eigenvalue weighted by atomic mass is 9.84. The minimum absolute atomic E-state index is 0.379. The first kappa shape index (κ1) is 14.0. The molecule has 2 N–H and O–H groups in total. The van der Waals surface area contributed by atoms with Gasteiger partial charge in [0, 0.05) is 12.6 Å². The minimum Gasteiger partial charge on any atom is -0.396 e. The smallest absolute Gasteiger partial charge is 0.0462 e. The van der Waals surface area contributed by atoms with Gasteiger partial charge in [-0.2, -0.15) is 0 Å². The van der Waals surface area contributed by atoms with Gasteiger partial charge >= 0.3 is 0 Å². The fourth-order valence-corrected chi connectivity index (χ4v) is 2.82. The van der Waals surface area contributed by atoms with Gasteiger partial charge in [0.25, 0.3) is 0 Å². The molecule has 96 valence electrons. The molecule has 1 atom stereocenters. The van der Waals surface area contributed by atoms with Gasteiger partial charge in [-0.3, -0.25) is 0 Å². The van der Waals surface area contributed by atoms with Crippen molar-refractivity contribution in [3.63, 3.8) is 0 Å². The zero-order chi connectivity index (χ0) is 11.8. The summed E-state index contributed by atoms with van der Waals surface area (Å²) < 4.78 is 0. The summed E-state index contributed by atoms with van der Waals surface area (Å²) in [6, 6.07) is 0.563. The van der Waals surface area contributed by atoms with E-state index in [1.54, 1.807) is 0 Å². The van der Waals surface area contributed by atoms with Crippen molar-refractivity contribution in [2.45, 2.75) is 64.8 Å². The van der Waals surface area contributed by atoms with Crippen LogP contribution in [0.15, 0.2) is 0 Å². The maximum absolute atomic E-state index is 9.51. The third kappa shape index (κ3) is 5.31. The molecule has 2 heteroatoms. The second kappa shape index (κ2) is 8.08. The molecule has 0 aromatic heterocycles. The molecular formula is C14H29NO. The molecule has 16 heavy (non-hydrogen) atoms. The van der Waals surface area contributed by atoms with Crippen LogP contribution < -0.4 is 5.32 Å². The molecule has 1 aliphatic carbocycles. The molecule has 0 amide bonds. The van der Waals surface area contributed by atoms with Crippen molar-refractivity contribution in [1.29, 1.82) is 0 Å². The fourth-order valence-electron chi connectivity index (χ4n) is 2.82. The van der Waals surface area contributed by atoms with Gasteiger partial charge in [0.15, 0.2) is 0 Å². The van der Waals surface area contributed by atoms with E-state index in [4.69, 9.17) is 0 Å². The summed E-state index contributed by atoms with van der Waals surface area (Å²) in [4.78, 5) is 0. The summed E-state index contributed by atoms with van der Waals surface area (Å²) in [5.41, 5.74) is 0. The van der Waals surface area contributed by atoms with E-state index in [-0.39, 0.29) is 0 Å². The highest BCUT2D eigenvalue weighted by atomic mass is 16.3. The van der Waals surface area contributed by atoms with E-state index in [0.717, 1.165) is 18.9 Å². The maximum Gasteiger partial charge on any atom is 0.0462 e. The van der Waals surface area contributed by atoms with Gasteiger partial charge in [-0.15, -0.1) is 0 Å². The highest BCUT2D eigenvalue weighted by Crippen LogP contribution is 2.30. The molecular weight excluding hydrogens is 198 g/mol. The number of aliphatic hydroxyl groups excluding tert-OH is 1.